The van der Waals surface area contributed by atoms with Crippen LogP contribution >= 0.6 is 23.4 Å². The molecule has 0 aliphatic carbocycles. The number of pyridine rings is 2. The zero-order chi connectivity index (χ0) is 30.3. The summed E-state index contributed by atoms with van der Waals surface area (Å²) in [7, 11) is 0. The van der Waals surface area contributed by atoms with Crippen molar-refractivity contribution in [2.75, 3.05) is 36.6 Å². The van der Waals surface area contributed by atoms with Gasteiger partial charge in [-0.1, -0.05) is 11.6 Å². The number of thioether (sulfide) groups is 1. The summed E-state index contributed by atoms with van der Waals surface area (Å²) in [5, 5.41) is 5.91. The highest BCUT2D eigenvalue weighted by atomic mass is 35.5. The third-order valence-electron chi connectivity index (χ3n) is 6.41. The molecule has 0 radical (unpaired) electrons. The van der Waals surface area contributed by atoms with Crippen LogP contribution in [0.1, 0.15) is 54.5 Å². The third-order valence-corrected chi connectivity index (χ3v) is 7.36. The predicted molar refractivity (Wildman–Crippen MR) is 164 cm³/mol. The Balaban J connectivity index is 1.42. The lowest BCUT2D eigenvalue weighted by molar-refractivity contribution is 0.0164. The van der Waals surface area contributed by atoms with Crippen molar-refractivity contribution in [3.8, 4) is 5.75 Å². The Bertz CT molecular complexity index is 1420. The van der Waals surface area contributed by atoms with E-state index in [4.69, 9.17) is 21.1 Å². The summed E-state index contributed by atoms with van der Waals surface area (Å²) in [5.74, 6) is -0.0221. The molecule has 1 aromatic carbocycles. The van der Waals surface area contributed by atoms with Gasteiger partial charge in [0.25, 0.3) is 11.8 Å². The zero-order valence-corrected chi connectivity index (χ0v) is 25.6. The Labute approximate surface area is 254 Å². The highest BCUT2D eigenvalue weighted by molar-refractivity contribution is 7.98. The van der Waals surface area contributed by atoms with E-state index < -0.39 is 17.4 Å². The number of carbonyl (C=O) groups excluding carboxylic acids is 3. The van der Waals surface area contributed by atoms with Gasteiger partial charge in [-0.3, -0.25) is 9.59 Å². The first-order chi connectivity index (χ1) is 20.0. The molecular weight excluding hydrogens is 578 g/mol. The van der Waals surface area contributed by atoms with Crippen molar-refractivity contribution in [2.24, 2.45) is 5.92 Å². The van der Waals surface area contributed by atoms with Gasteiger partial charge in [-0.25, -0.2) is 14.8 Å². The minimum Gasteiger partial charge on any atom is -0.492 e. The topological polar surface area (TPSA) is 123 Å². The molecule has 12 heteroatoms. The largest absolute Gasteiger partial charge is 0.492 e. The number of piperidine rings is 1. The van der Waals surface area contributed by atoms with Crippen molar-refractivity contribution in [3.63, 3.8) is 0 Å². The van der Waals surface area contributed by atoms with Crippen molar-refractivity contribution in [1.82, 2.24) is 14.9 Å². The minimum atomic E-state index is -0.537. The molecule has 2 N–H and O–H groups in total. The fourth-order valence-corrected chi connectivity index (χ4v) is 4.80. The van der Waals surface area contributed by atoms with Crippen LogP contribution in [0.15, 0.2) is 59.8 Å². The van der Waals surface area contributed by atoms with E-state index in [1.807, 2.05) is 39.2 Å². The van der Waals surface area contributed by atoms with Crippen LogP contribution in [0.2, 0.25) is 5.02 Å². The molecular formula is C30H34ClN5O5S. The van der Waals surface area contributed by atoms with E-state index in [2.05, 4.69) is 20.6 Å². The molecule has 1 saturated heterocycles. The van der Waals surface area contributed by atoms with Gasteiger partial charge < -0.3 is 25.0 Å². The highest BCUT2D eigenvalue weighted by Crippen LogP contribution is 2.29. The van der Waals surface area contributed by atoms with Crippen LogP contribution in [0.3, 0.4) is 0 Å². The smallest absolute Gasteiger partial charge is 0.410 e. The molecule has 0 saturated carbocycles. The summed E-state index contributed by atoms with van der Waals surface area (Å²) in [6.45, 7) is 7.12. The maximum absolute atomic E-state index is 13.4. The van der Waals surface area contributed by atoms with Crippen molar-refractivity contribution in [2.45, 2.75) is 44.1 Å². The first kappa shape index (κ1) is 31.1. The molecule has 1 fully saturated rings. The average Bonchev–Trinajstić information content (AvgIpc) is 2.96. The number of ether oxygens (including phenoxy) is 2. The Kier molecular flexibility index (Phi) is 10.3. The minimum absolute atomic E-state index is 0.0301. The number of hydrogen-bond acceptors (Lipinski definition) is 8. The second-order valence-electron chi connectivity index (χ2n) is 10.8. The lowest BCUT2D eigenvalue weighted by Crippen LogP contribution is -2.42. The number of rotatable bonds is 8. The fourth-order valence-electron chi connectivity index (χ4n) is 4.25. The van der Waals surface area contributed by atoms with Gasteiger partial charge in [0.15, 0.2) is 5.69 Å². The van der Waals surface area contributed by atoms with Crippen LogP contribution in [0.25, 0.3) is 0 Å². The maximum atomic E-state index is 13.4. The summed E-state index contributed by atoms with van der Waals surface area (Å²) in [4.78, 5) is 49.7. The molecule has 42 heavy (non-hydrogen) atoms. The van der Waals surface area contributed by atoms with Crippen LogP contribution in [-0.4, -0.2) is 64.3 Å². The van der Waals surface area contributed by atoms with Gasteiger partial charge in [0, 0.05) is 30.4 Å². The molecule has 0 bridgehead atoms. The first-order valence-electron chi connectivity index (χ1n) is 13.5. The summed E-state index contributed by atoms with van der Waals surface area (Å²) in [6.07, 6.45) is 6.06. The van der Waals surface area contributed by atoms with E-state index in [1.165, 1.54) is 24.2 Å². The van der Waals surface area contributed by atoms with Crippen LogP contribution in [0.5, 0.6) is 5.75 Å². The molecule has 1 aliphatic heterocycles. The van der Waals surface area contributed by atoms with E-state index in [1.54, 1.807) is 35.2 Å². The lowest BCUT2D eigenvalue weighted by Gasteiger charge is -2.33. The number of hydrogen-bond donors (Lipinski definition) is 2. The van der Waals surface area contributed by atoms with Gasteiger partial charge in [-0.2, -0.15) is 0 Å². The van der Waals surface area contributed by atoms with E-state index in [0.29, 0.717) is 41.8 Å². The first-order valence-corrected chi connectivity index (χ1v) is 15.1. The molecule has 10 nitrogen and oxygen atoms in total. The molecule has 0 atom stereocenters. The number of nitrogens with one attached hydrogen (secondary N) is 2. The fraction of sp³-hybridized carbons (Fsp3) is 0.367. The van der Waals surface area contributed by atoms with Gasteiger partial charge in [0.05, 0.1) is 22.9 Å². The van der Waals surface area contributed by atoms with Crippen LogP contribution in [-0.2, 0) is 4.74 Å². The van der Waals surface area contributed by atoms with E-state index >= 15 is 0 Å². The second-order valence-corrected chi connectivity index (χ2v) is 12.1. The number of aromatic nitrogens is 2. The predicted octanol–water partition coefficient (Wildman–Crippen LogP) is 6.38. The molecule has 0 unspecified atom stereocenters. The summed E-state index contributed by atoms with van der Waals surface area (Å²) >= 11 is 7.41. The Morgan fingerprint density at radius 3 is 2.48 bits per heavy atom. The molecule has 222 valence electrons. The Hall–Kier alpha value is -3.83. The molecule has 3 amide bonds. The van der Waals surface area contributed by atoms with E-state index in [0.717, 1.165) is 17.7 Å². The lowest BCUT2D eigenvalue weighted by atomic mass is 9.98. The van der Waals surface area contributed by atoms with Gasteiger partial charge >= 0.3 is 6.09 Å². The number of halogens is 1. The van der Waals surface area contributed by atoms with Crippen molar-refractivity contribution in [3.05, 3.63) is 71.1 Å². The van der Waals surface area contributed by atoms with Crippen LogP contribution in [0.4, 0.5) is 16.3 Å². The van der Waals surface area contributed by atoms with E-state index in [9.17, 15) is 14.4 Å². The molecule has 0 spiro atoms. The van der Waals surface area contributed by atoms with Crippen molar-refractivity contribution >= 4 is 52.8 Å². The second kappa shape index (κ2) is 13.9. The Morgan fingerprint density at radius 1 is 1.05 bits per heavy atom. The average molecular weight is 612 g/mol. The monoisotopic (exact) mass is 611 g/mol. The standard InChI is InChI=1S/C30H34ClN5O5S/c1-30(2,3)41-29(39)36-14-11-19(12-15-36)18-40-24-16-21(42-4)8-9-22(24)27(37)34-23-6-5-13-32-26(23)28(38)35-25-10-7-20(31)17-33-25/h5-10,13,16-17,19H,11-12,14-15,18H2,1-4H3,(H,34,37)(H,33,35,38). The normalized spacial score (nSPS) is 13.8. The quantitative estimate of drug-likeness (QED) is 0.281. The number of nitrogens with zero attached hydrogens (tertiary/aromatic N) is 3. The molecule has 2 aromatic heterocycles. The summed E-state index contributed by atoms with van der Waals surface area (Å²) < 4.78 is 11.7. The number of benzene rings is 1. The maximum Gasteiger partial charge on any atom is 0.410 e. The third kappa shape index (κ3) is 8.59. The molecule has 3 aromatic rings. The SMILES string of the molecule is CSc1ccc(C(=O)Nc2cccnc2C(=O)Nc2ccc(Cl)cn2)c(OCC2CCN(C(=O)OC(C)(C)C)CC2)c1. The number of carbonyl (C=O) groups is 3. The van der Waals surface area contributed by atoms with Gasteiger partial charge in [-0.05, 0) is 88.3 Å². The molecule has 3 heterocycles. The number of likely N-dealkylation sites (tertiary alicyclic amines) is 1. The molecule has 4 rings (SSSR count). The van der Waals surface area contributed by atoms with Crippen LogP contribution in [0, 0.1) is 5.92 Å². The number of amides is 3. The van der Waals surface area contributed by atoms with Gasteiger partial charge in [0.1, 0.15) is 17.2 Å². The summed E-state index contributed by atoms with van der Waals surface area (Å²) in [5.41, 5.74) is 0.0597. The number of anilines is 2. The van der Waals surface area contributed by atoms with Gasteiger partial charge in [-0.15, -0.1) is 11.8 Å². The zero-order valence-electron chi connectivity index (χ0n) is 24.0. The van der Waals surface area contributed by atoms with Crippen LogP contribution < -0.4 is 15.4 Å². The Morgan fingerprint density at radius 2 is 1.81 bits per heavy atom. The van der Waals surface area contributed by atoms with Crippen molar-refractivity contribution in [1.29, 1.82) is 0 Å². The summed E-state index contributed by atoms with van der Waals surface area (Å²) in [6, 6.07) is 11.8. The van der Waals surface area contributed by atoms with E-state index in [-0.39, 0.29) is 23.4 Å². The van der Waals surface area contributed by atoms with Gasteiger partial charge in [0.2, 0.25) is 0 Å². The highest BCUT2D eigenvalue weighted by Gasteiger charge is 2.27. The van der Waals surface area contributed by atoms with Crippen molar-refractivity contribution < 1.29 is 23.9 Å². The molecule has 1 aliphatic rings.